The van der Waals surface area contributed by atoms with Crippen molar-refractivity contribution in [2.75, 3.05) is 0 Å². The first-order valence-electron chi connectivity index (χ1n) is 5.70. The van der Waals surface area contributed by atoms with E-state index < -0.39 is 0 Å². The van der Waals surface area contributed by atoms with Crippen LogP contribution >= 0.6 is 0 Å². The normalized spacial score (nSPS) is 10.7. The molecule has 0 bridgehead atoms. The summed E-state index contributed by atoms with van der Waals surface area (Å²) >= 11 is 0. The van der Waals surface area contributed by atoms with Gasteiger partial charge in [0.05, 0.1) is 0 Å². The lowest BCUT2D eigenvalue weighted by Gasteiger charge is -2.00. The molecule has 0 radical (unpaired) electrons. The molecule has 0 N–H and O–H groups in total. The summed E-state index contributed by atoms with van der Waals surface area (Å²) < 4.78 is 5.39. The van der Waals surface area contributed by atoms with E-state index in [1.54, 1.807) is 6.07 Å². The van der Waals surface area contributed by atoms with Gasteiger partial charge in [-0.25, -0.2) is 0 Å². The molecule has 0 aliphatic rings. The molecule has 0 aliphatic heterocycles. The summed E-state index contributed by atoms with van der Waals surface area (Å²) in [5, 5.41) is 4.97. The lowest BCUT2D eigenvalue weighted by Crippen LogP contribution is -1.85. The number of carbonyl (C=O) groups is 1. The highest BCUT2D eigenvalue weighted by molar-refractivity contribution is 5.97. The van der Waals surface area contributed by atoms with Gasteiger partial charge < -0.3 is 4.52 Å². The fourth-order valence-corrected chi connectivity index (χ4v) is 2.05. The van der Waals surface area contributed by atoms with E-state index >= 15 is 0 Å². The van der Waals surface area contributed by atoms with Crippen molar-refractivity contribution in [1.82, 2.24) is 5.16 Å². The van der Waals surface area contributed by atoms with E-state index in [9.17, 15) is 4.79 Å². The summed E-state index contributed by atoms with van der Waals surface area (Å²) in [6, 6.07) is 13.3. The van der Waals surface area contributed by atoms with Gasteiger partial charge in [-0.3, -0.25) is 4.79 Å². The zero-order chi connectivity index (χ0) is 12.5. The molecule has 0 atom stereocenters. The van der Waals surface area contributed by atoms with Crippen molar-refractivity contribution in [3.05, 3.63) is 53.6 Å². The number of carbonyl (C=O) groups excluding carboxylic acids is 1. The molecule has 18 heavy (non-hydrogen) atoms. The summed E-state index contributed by atoms with van der Waals surface area (Å²) in [6.07, 6.45) is 0.831. The molecule has 0 saturated carbocycles. The highest BCUT2D eigenvalue weighted by Crippen LogP contribution is 2.30. The zero-order valence-corrected chi connectivity index (χ0v) is 9.88. The van der Waals surface area contributed by atoms with Crippen molar-refractivity contribution in [3.63, 3.8) is 0 Å². The van der Waals surface area contributed by atoms with E-state index in [1.165, 1.54) is 0 Å². The SMILES string of the molecule is Cc1ccc2c(-c3ccccc3C=O)onc2c1. The van der Waals surface area contributed by atoms with Crippen LogP contribution in [0.2, 0.25) is 0 Å². The number of aromatic nitrogens is 1. The molecule has 1 aromatic heterocycles. The number of aryl methyl sites for hydroxylation is 1. The Balaban J connectivity index is 2.29. The topological polar surface area (TPSA) is 43.1 Å². The fourth-order valence-electron chi connectivity index (χ4n) is 2.05. The molecule has 2 aromatic carbocycles. The van der Waals surface area contributed by atoms with Gasteiger partial charge in [-0.15, -0.1) is 0 Å². The Morgan fingerprint density at radius 3 is 2.83 bits per heavy atom. The highest BCUT2D eigenvalue weighted by Gasteiger charge is 2.13. The third-order valence-corrected chi connectivity index (χ3v) is 2.97. The Kier molecular flexibility index (Phi) is 2.45. The van der Waals surface area contributed by atoms with Crippen LogP contribution in [-0.2, 0) is 0 Å². The van der Waals surface area contributed by atoms with Crippen LogP contribution in [0.4, 0.5) is 0 Å². The van der Waals surface area contributed by atoms with Crippen molar-refractivity contribution < 1.29 is 9.32 Å². The molecule has 3 rings (SSSR count). The predicted octanol–water partition coefficient (Wildman–Crippen LogP) is 3.62. The average Bonchev–Trinajstić information content (AvgIpc) is 2.81. The first-order chi connectivity index (χ1) is 8.79. The molecule has 1 heterocycles. The van der Waals surface area contributed by atoms with Gasteiger partial charge in [0.1, 0.15) is 5.52 Å². The second-order valence-corrected chi connectivity index (χ2v) is 4.24. The van der Waals surface area contributed by atoms with E-state index in [1.807, 2.05) is 43.3 Å². The van der Waals surface area contributed by atoms with Crippen LogP contribution in [0.3, 0.4) is 0 Å². The first-order valence-corrected chi connectivity index (χ1v) is 5.70. The van der Waals surface area contributed by atoms with Gasteiger partial charge >= 0.3 is 0 Å². The Bertz CT molecular complexity index is 728. The minimum atomic E-state index is 0.608. The molecule has 0 fully saturated rings. The van der Waals surface area contributed by atoms with Gasteiger partial charge in [-0.05, 0) is 24.6 Å². The highest BCUT2D eigenvalue weighted by atomic mass is 16.5. The molecule has 0 amide bonds. The molecule has 3 nitrogen and oxygen atoms in total. The molecule has 3 aromatic rings. The standard InChI is InChI=1S/C15H11NO2/c1-10-6-7-13-14(8-10)16-18-15(13)12-5-3-2-4-11(12)9-17/h2-9H,1H3. The summed E-state index contributed by atoms with van der Waals surface area (Å²) in [4.78, 5) is 11.1. The van der Waals surface area contributed by atoms with E-state index in [0.29, 0.717) is 11.3 Å². The lowest BCUT2D eigenvalue weighted by molar-refractivity contribution is 0.112. The molecule has 0 unspecified atom stereocenters. The minimum absolute atomic E-state index is 0.608. The molecule has 88 valence electrons. The van der Waals surface area contributed by atoms with Crippen LogP contribution in [0.5, 0.6) is 0 Å². The molecule has 0 saturated heterocycles. The molecule has 3 heteroatoms. The van der Waals surface area contributed by atoms with Crippen LogP contribution in [0, 0.1) is 6.92 Å². The zero-order valence-electron chi connectivity index (χ0n) is 9.88. The van der Waals surface area contributed by atoms with Crippen molar-refractivity contribution in [1.29, 1.82) is 0 Å². The maximum Gasteiger partial charge on any atom is 0.175 e. The average molecular weight is 237 g/mol. The van der Waals surface area contributed by atoms with E-state index in [4.69, 9.17) is 4.52 Å². The van der Waals surface area contributed by atoms with Crippen molar-refractivity contribution >= 4 is 17.2 Å². The molecule has 0 spiro atoms. The van der Waals surface area contributed by atoms with Crippen LogP contribution in [-0.4, -0.2) is 11.4 Å². The van der Waals surface area contributed by atoms with E-state index in [-0.39, 0.29) is 0 Å². The number of hydrogen-bond donors (Lipinski definition) is 0. The second-order valence-electron chi connectivity index (χ2n) is 4.24. The second kappa shape index (κ2) is 4.11. The van der Waals surface area contributed by atoms with Gasteiger partial charge in [0.15, 0.2) is 12.0 Å². The van der Waals surface area contributed by atoms with E-state index in [0.717, 1.165) is 28.3 Å². The van der Waals surface area contributed by atoms with Crippen LogP contribution in [0.1, 0.15) is 15.9 Å². The van der Waals surface area contributed by atoms with Gasteiger partial charge in [-0.2, -0.15) is 0 Å². The van der Waals surface area contributed by atoms with Crippen molar-refractivity contribution in [3.8, 4) is 11.3 Å². The Morgan fingerprint density at radius 1 is 1.17 bits per heavy atom. The maximum absolute atomic E-state index is 11.1. The number of fused-ring (bicyclic) bond motifs is 1. The van der Waals surface area contributed by atoms with Gasteiger partial charge in [0.25, 0.3) is 0 Å². The number of aldehydes is 1. The molecule has 0 aliphatic carbocycles. The number of hydrogen-bond acceptors (Lipinski definition) is 3. The summed E-state index contributed by atoms with van der Waals surface area (Å²) in [5.41, 5.74) is 3.33. The minimum Gasteiger partial charge on any atom is -0.355 e. The molecular weight excluding hydrogens is 226 g/mol. The number of rotatable bonds is 2. The van der Waals surface area contributed by atoms with Crippen molar-refractivity contribution in [2.45, 2.75) is 6.92 Å². The monoisotopic (exact) mass is 237 g/mol. The largest absolute Gasteiger partial charge is 0.355 e. The van der Waals surface area contributed by atoms with Gasteiger partial charge in [-0.1, -0.05) is 35.5 Å². The third kappa shape index (κ3) is 1.61. The summed E-state index contributed by atoms with van der Waals surface area (Å²) in [6.45, 7) is 2.01. The smallest absolute Gasteiger partial charge is 0.175 e. The quantitative estimate of drug-likeness (QED) is 0.639. The van der Waals surface area contributed by atoms with E-state index in [2.05, 4.69) is 5.16 Å². The van der Waals surface area contributed by atoms with Crippen LogP contribution in [0.25, 0.3) is 22.2 Å². The molecular formula is C15H11NO2. The summed E-state index contributed by atoms with van der Waals surface area (Å²) in [7, 11) is 0. The van der Waals surface area contributed by atoms with Crippen molar-refractivity contribution in [2.24, 2.45) is 0 Å². The number of nitrogens with zero attached hydrogens (tertiary/aromatic N) is 1. The Hall–Kier alpha value is -2.42. The van der Waals surface area contributed by atoms with Crippen LogP contribution in [0.15, 0.2) is 47.0 Å². The Labute approximate surface area is 104 Å². The lowest BCUT2D eigenvalue weighted by atomic mass is 10.0. The fraction of sp³-hybridized carbons (Fsp3) is 0.0667. The first kappa shape index (κ1) is 10.7. The third-order valence-electron chi connectivity index (χ3n) is 2.97. The van der Waals surface area contributed by atoms with Gasteiger partial charge in [0, 0.05) is 16.5 Å². The number of benzene rings is 2. The van der Waals surface area contributed by atoms with Gasteiger partial charge in [0.2, 0.25) is 0 Å². The Morgan fingerprint density at radius 2 is 2.00 bits per heavy atom. The predicted molar refractivity (Wildman–Crippen MR) is 69.6 cm³/mol. The van der Waals surface area contributed by atoms with Crippen LogP contribution < -0.4 is 0 Å². The summed E-state index contributed by atoms with van der Waals surface area (Å²) in [5.74, 6) is 0.646. The maximum atomic E-state index is 11.1.